The van der Waals surface area contributed by atoms with Gasteiger partial charge in [0.15, 0.2) is 0 Å². The Morgan fingerprint density at radius 2 is 2.07 bits per heavy atom. The normalized spacial score (nSPS) is 10.0. The average molecular weight is 186 g/mol. The van der Waals surface area contributed by atoms with Gasteiger partial charge in [-0.25, -0.2) is 0 Å². The number of aromatic nitrogens is 2. The molecule has 2 aromatic rings. The van der Waals surface area contributed by atoms with Crippen molar-refractivity contribution in [2.24, 2.45) is 0 Å². The summed E-state index contributed by atoms with van der Waals surface area (Å²) in [6.45, 7) is 0. The molecule has 0 atom stereocenters. The molecule has 3 nitrogen and oxygen atoms in total. The highest BCUT2D eigenvalue weighted by molar-refractivity contribution is 5.61. The van der Waals surface area contributed by atoms with Crippen LogP contribution in [0.5, 0.6) is 0 Å². The van der Waals surface area contributed by atoms with E-state index in [4.69, 9.17) is 0 Å². The third kappa shape index (κ3) is 1.71. The molecule has 0 radical (unpaired) electrons. The number of nitrogens with one attached hydrogen (secondary N) is 1. The number of rotatable bonds is 3. The molecule has 0 aliphatic rings. The highest BCUT2D eigenvalue weighted by Crippen LogP contribution is 2.16. The number of hydrogen-bond donors (Lipinski definition) is 1. The molecule has 1 N–H and O–H groups in total. The van der Waals surface area contributed by atoms with E-state index in [1.165, 1.54) is 0 Å². The monoisotopic (exact) mass is 186 g/mol. The number of aromatic amines is 1. The summed E-state index contributed by atoms with van der Waals surface area (Å²) in [5.41, 5.74) is 2.78. The predicted molar refractivity (Wildman–Crippen MR) is 53.8 cm³/mol. The molecular formula is C11H10N2O. The Morgan fingerprint density at radius 3 is 2.79 bits per heavy atom. The zero-order chi connectivity index (χ0) is 9.80. The van der Waals surface area contributed by atoms with Crippen LogP contribution >= 0.6 is 0 Å². The van der Waals surface area contributed by atoms with Crippen LogP contribution < -0.4 is 0 Å². The SMILES string of the molecule is O=CCc1cc(-c2ccccc2)n[nH]1. The van der Waals surface area contributed by atoms with E-state index in [1.807, 2.05) is 36.4 Å². The number of hydrogen-bond acceptors (Lipinski definition) is 2. The molecule has 70 valence electrons. The number of benzene rings is 1. The van der Waals surface area contributed by atoms with E-state index < -0.39 is 0 Å². The topological polar surface area (TPSA) is 45.8 Å². The van der Waals surface area contributed by atoms with Crippen molar-refractivity contribution in [3.63, 3.8) is 0 Å². The van der Waals surface area contributed by atoms with Crippen molar-refractivity contribution < 1.29 is 4.79 Å². The highest BCUT2D eigenvalue weighted by atomic mass is 16.1. The second kappa shape index (κ2) is 3.87. The van der Waals surface area contributed by atoms with Crippen LogP contribution in [0.25, 0.3) is 11.3 Å². The minimum absolute atomic E-state index is 0.389. The van der Waals surface area contributed by atoms with Crippen LogP contribution in [0, 0.1) is 0 Å². The fourth-order valence-electron chi connectivity index (χ4n) is 1.31. The van der Waals surface area contributed by atoms with Gasteiger partial charge in [0.05, 0.1) is 5.69 Å². The van der Waals surface area contributed by atoms with E-state index in [2.05, 4.69) is 10.2 Å². The van der Waals surface area contributed by atoms with E-state index in [0.717, 1.165) is 23.2 Å². The Hall–Kier alpha value is -1.90. The second-order valence-corrected chi connectivity index (χ2v) is 3.02. The van der Waals surface area contributed by atoms with Crippen LogP contribution in [0.1, 0.15) is 5.69 Å². The van der Waals surface area contributed by atoms with Gasteiger partial charge in [-0.05, 0) is 6.07 Å². The number of aldehydes is 1. The lowest BCUT2D eigenvalue weighted by Gasteiger charge is -1.92. The Labute approximate surface area is 81.8 Å². The van der Waals surface area contributed by atoms with E-state index in [0.29, 0.717) is 6.42 Å². The summed E-state index contributed by atoms with van der Waals surface area (Å²) in [6, 6.07) is 11.8. The summed E-state index contributed by atoms with van der Waals surface area (Å²) in [5, 5.41) is 6.95. The van der Waals surface area contributed by atoms with Gasteiger partial charge in [0.1, 0.15) is 6.29 Å². The standard InChI is InChI=1S/C11H10N2O/c14-7-6-10-8-11(13-12-10)9-4-2-1-3-5-9/h1-5,7-8H,6H2,(H,12,13). The summed E-state index contributed by atoms with van der Waals surface area (Å²) >= 11 is 0. The zero-order valence-corrected chi connectivity index (χ0v) is 7.60. The minimum atomic E-state index is 0.389. The summed E-state index contributed by atoms with van der Waals surface area (Å²) in [6.07, 6.45) is 1.25. The number of H-pyrrole nitrogens is 1. The third-order valence-electron chi connectivity index (χ3n) is 2.00. The van der Waals surface area contributed by atoms with Gasteiger partial charge in [0.25, 0.3) is 0 Å². The van der Waals surface area contributed by atoms with Crippen molar-refractivity contribution >= 4 is 6.29 Å². The average Bonchev–Trinajstić information content (AvgIpc) is 2.68. The third-order valence-corrected chi connectivity index (χ3v) is 2.00. The van der Waals surface area contributed by atoms with Gasteiger partial charge in [0, 0.05) is 17.7 Å². The number of nitrogens with zero attached hydrogens (tertiary/aromatic N) is 1. The quantitative estimate of drug-likeness (QED) is 0.743. The number of carbonyl (C=O) groups is 1. The maximum absolute atomic E-state index is 10.3. The van der Waals surface area contributed by atoms with Crippen LogP contribution in [-0.4, -0.2) is 16.5 Å². The van der Waals surface area contributed by atoms with Crippen molar-refractivity contribution in [3.05, 3.63) is 42.1 Å². The molecule has 0 spiro atoms. The first-order chi connectivity index (χ1) is 6.90. The van der Waals surface area contributed by atoms with E-state index >= 15 is 0 Å². The molecule has 14 heavy (non-hydrogen) atoms. The van der Waals surface area contributed by atoms with Gasteiger partial charge in [0.2, 0.25) is 0 Å². The van der Waals surface area contributed by atoms with Crippen molar-refractivity contribution in [2.45, 2.75) is 6.42 Å². The molecule has 1 aromatic carbocycles. The van der Waals surface area contributed by atoms with E-state index in [1.54, 1.807) is 0 Å². The molecule has 1 aromatic heterocycles. The highest BCUT2D eigenvalue weighted by Gasteiger charge is 2.01. The molecule has 0 saturated carbocycles. The molecule has 0 aliphatic heterocycles. The smallest absolute Gasteiger partial charge is 0.125 e. The summed E-state index contributed by atoms with van der Waals surface area (Å²) in [7, 11) is 0. The predicted octanol–water partition coefficient (Wildman–Crippen LogP) is 1.82. The maximum atomic E-state index is 10.3. The molecule has 0 bridgehead atoms. The molecule has 3 heteroatoms. The Bertz CT molecular complexity index is 420. The summed E-state index contributed by atoms with van der Waals surface area (Å²) < 4.78 is 0. The molecule has 2 rings (SSSR count). The van der Waals surface area contributed by atoms with Crippen LogP contribution in [0.3, 0.4) is 0 Å². The first kappa shape index (κ1) is 8.69. The van der Waals surface area contributed by atoms with Crippen LogP contribution in [0.2, 0.25) is 0 Å². The minimum Gasteiger partial charge on any atom is -0.303 e. The lowest BCUT2D eigenvalue weighted by molar-refractivity contribution is -0.107. The molecule has 0 amide bonds. The molecule has 0 saturated heterocycles. The zero-order valence-electron chi connectivity index (χ0n) is 7.60. The molecule has 0 fully saturated rings. The maximum Gasteiger partial charge on any atom is 0.125 e. The van der Waals surface area contributed by atoms with Crippen LogP contribution in [0.15, 0.2) is 36.4 Å². The largest absolute Gasteiger partial charge is 0.303 e. The van der Waals surface area contributed by atoms with Crippen molar-refractivity contribution in [1.29, 1.82) is 0 Å². The number of carbonyl (C=O) groups excluding carboxylic acids is 1. The van der Waals surface area contributed by atoms with Crippen molar-refractivity contribution in [1.82, 2.24) is 10.2 Å². The lowest BCUT2D eigenvalue weighted by Crippen LogP contribution is -1.83. The molecular weight excluding hydrogens is 176 g/mol. The van der Waals surface area contributed by atoms with Crippen LogP contribution in [0.4, 0.5) is 0 Å². The van der Waals surface area contributed by atoms with E-state index in [9.17, 15) is 4.79 Å². The molecule has 0 aliphatic carbocycles. The fraction of sp³-hybridized carbons (Fsp3) is 0.0909. The Morgan fingerprint density at radius 1 is 1.29 bits per heavy atom. The van der Waals surface area contributed by atoms with Gasteiger partial charge >= 0.3 is 0 Å². The Balaban J connectivity index is 2.29. The Kier molecular flexibility index (Phi) is 2.40. The first-order valence-corrected chi connectivity index (χ1v) is 4.43. The van der Waals surface area contributed by atoms with Gasteiger partial charge < -0.3 is 4.79 Å². The summed E-state index contributed by atoms with van der Waals surface area (Å²) in [5.74, 6) is 0. The van der Waals surface area contributed by atoms with E-state index in [-0.39, 0.29) is 0 Å². The molecule has 0 unspecified atom stereocenters. The van der Waals surface area contributed by atoms with Crippen molar-refractivity contribution in [3.8, 4) is 11.3 Å². The summed E-state index contributed by atoms with van der Waals surface area (Å²) in [4.78, 5) is 10.3. The first-order valence-electron chi connectivity index (χ1n) is 4.43. The van der Waals surface area contributed by atoms with Gasteiger partial charge in [-0.2, -0.15) is 5.10 Å². The van der Waals surface area contributed by atoms with Crippen LogP contribution in [-0.2, 0) is 11.2 Å². The van der Waals surface area contributed by atoms with Crippen molar-refractivity contribution in [2.75, 3.05) is 0 Å². The molecule has 1 heterocycles. The second-order valence-electron chi connectivity index (χ2n) is 3.02. The van der Waals surface area contributed by atoms with Gasteiger partial charge in [-0.3, -0.25) is 5.10 Å². The van der Waals surface area contributed by atoms with Gasteiger partial charge in [-0.15, -0.1) is 0 Å². The van der Waals surface area contributed by atoms with Gasteiger partial charge in [-0.1, -0.05) is 30.3 Å². The fourth-order valence-corrected chi connectivity index (χ4v) is 1.31. The lowest BCUT2D eigenvalue weighted by atomic mass is 10.1.